The third-order valence-electron chi connectivity index (χ3n) is 6.69. The number of nitrogens with one attached hydrogen (secondary N) is 3. The van der Waals surface area contributed by atoms with Gasteiger partial charge in [0.15, 0.2) is 29.2 Å². The molecule has 0 saturated carbocycles. The first-order chi connectivity index (χ1) is 22.1. The zero-order valence-electron chi connectivity index (χ0n) is 25.6. The quantitative estimate of drug-likeness (QED) is 0.0742. The van der Waals surface area contributed by atoms with E-state index in [-0.39, 0.29) is 12.2 Å². The average molecular weight is 762 g/mol. The highest BCUT2D eigenvalue weighted by molar-refractivity contribution is 9.10. The fourth-order valence-electron chi connectivity index (χ4n) is 4.48. The maximum Gasteiger partial charge on any atom is 0.337 e. The molecular weight excluding hydrogens is 728 g/mol. The van der Waals surface area contributed by atoms with Gasteiger partial charge in [0.1, 0.15) is 13.2 Å². The van der Waals surface area contributed by atoms with Gasteiger partial charge in [0.2, 0.25) is 0 Å². The number of hydrazone groups is 1. The van der Waals surface area contributed by atoms with Crippen LogP contribution >= 0.6 is 31.9 Å². The lowest BCUT2D eigenvalue weighted by molar-refractivity contribution is -0.136. The lowest BCUT2D eigenvalue weighted by atomic mass is 9.95. The summed E-state index contributed by atoms with van der Waals surface area (Å²) in [5, 5.41) is 20.0. The molecule has 2 atom stereocenters. The number of hydrogen-bond donors (Lipinski definition) is 4. The zero-order chi connectivity index (χ0) is 33.2. The summed E-state index contributed by atoms with van der Waals surface area (Å²) in [6, 6.07) is 15.2. The average Bonchev–Trinajstić information content (AvgIpc) is 3.04. The number of rotatable bonds is 14. The molecule has 0 aromatic heterocycles. The van der Waals surface area contributed by atoms with Gasteiger partial charge in [0, 0.05) is 20.2 Å². The smallest absolute Gasteiger partial charge is 0.337 e. The highest BCUT2D eigenvalue weighted by Gasteiger charge is 2.32. The summed E-state index contributed by atoms with van der Waals surface area (Å²) in [5.74, 6) is 1.22. The summed E-state index contributed by atoms with van der Waals surface area (Å²) in [6.07, 6.45) is 0.357. The van der Waals surface area contributed by atoms with Crippen LogP contribution in [0.1, 0.15) is 36.6 Å². The molecule has 46 heavy (non-hydrogen) atoms. The minimum Gasteiger partial charge on any atom is -0.493 e. The molecule has 1 heterocycles. The zero-order valence-corrected chi connectivity index (χ0v) is 28.7. The van der Waals surface area contributed by atoms with Crippen molar-refractivity contribution >= 4 is 50.1 Å². The standard InChI is InChI=1S/C32H34Br2N4O8/c1-5-44-26-12-20(30-29(31(40)43-4)18(2)36-32(41)37-30)8-11-24(26)46-17-28(39)38-35-15-21-13-25(42-3)27(14-23(21)34)45-16-19-6-9-22(33)10-7-19/h6-15,28,30,38-39H,5,16-17H2,1-4H3,(H2,36,37,41)/b35-15-/t28-,30-/m1/s1. The van der Waals surface area contributed by atoms with Gasteiger partial charge in [-0.1, -0.05) is 34.1 Å². The van der Waals surface area contributed by atoms with E-state index in [0.717, 1.165) is 10.0 Å². The van der Waals surface area contributed by atoms with Crippen LogP contribution in [0.15, 0.2) is 79.9 Å². The number of esters is 1. The number of aliphatic hydroxyl groups excluding tert-OH is 1. The fourth-order valence-corrected chi connectivity index (χ4v) is 5.17. The Kier molecular flexibility index (Phi) is 12.3. The number of halogens is 2. The number of aliphatic hydroxyl groups is 1. The van der Waals surface area contributed by atoms with Crippen molar-refractivity contribution in [3.05, 3.63) is 91.5 Å². The van der Waals surface area contributed by atoms with Crippen LogP contribution in [0.3, 0.4) is 0 Å². The van der Waals surface area contributed by atoms with Gasteiger partial charge in [-0.15, -0.1) is 0 Å². The van der Waals surface area contributed by atoms with Crippen LogP contribution in [-0.4, -0.2) is 57.0 Å². The van der Waals surface area contributed by atoms with Crippen LogP contribution in [0.2, 0.25) is 0 Å². The Balaban J connectivity index is 1.39. The first-order valence-electron chi connectivity index (χ1n) is 14.1. The molecule has 0 bridgehead atoms. The second-order valence-corrected chi connectivity index (χ2v) is 11.6. The Morgan fingerprint density at radius 3 is 2.46 bits per heavy atom. The van der Waals surface area contributed by atoms with Crippen molar-refractivity contribution in [1.29, 1.82) is 0 Å². The van der Waals surface area contributed by atoms with Crippen LogP contribution in [0.25, 0.3) is 0 Å². The minimum absolute atomic E-state index is 0.166. The number of ether oxygens (including phenoxy) is 5. The summed E-state index contributed by atoms with van der Waals surface area (Å²) in [6.45, 7) is 3.97. The predicted molar refractivity (Wildman–Crippen MR) is 178 cm³/mol. The molecule has 244 valence electrons. The van der Waals surface area contributed by atoms with Crippen LogP contribution in [-0.2, 0) is 16.1 Å². The van der Waals surface area contributed by atoms with Gasteiger partial charge in [-0.25, -0.2) is 9.59 Å². The molecule has 14 heteroatoms. The number of allylic oxidation sites excluding steroid dienone is 1. The SMILES string of the molecule is CCOc1cc([C@H]2NC(=O)NC(C)=C2C(=O)OC)ccc1OC[C@@H](O)N/N=C\c1cc(OC)c(OCc2ccc(Br)cc2)cc1Br. The fraction of sp³-hybridized carbons (Fsp3) is 0.281. The van der Waals surface area contributed by atoms with E-state index < -0.39 is 24.3 Å². The molecule has 3 aromatic carbocycles. The van der Waals surface area contributed by atoms with Crippen molar-refractivity contribution in [2.24, 2.45) is 5.10 Å². The first kappa shape index (κ1) is 34.6. The normalized spacial score (nSPS) is 15.1. The number of carbonyl (C=O) groups is 2. The third-order valence-corrected chi connectivity index (χ3v) is 7.91. The number of carbonyl (C=O) groups excluding carboxylic acids is 2. The van der Waals surface area contributed by atoms with Crippen molar-refractivity contribution in [2.75, 3.05) is 27.4 Å². The molecule has 1 aliphatic heterocycles. The van der Waals surface area contributed by atoms with Crippen LogP contribution < -0.4 is 35.0 Å². The van der Waals surface area contributed by atoms with Crippen molar-refractivity contribution in [3.63, 3.8) is 0 Å². The van der Waals surface area contributed by atoms with Gasteiger partial charge >= 0.3 is 12.0 Å². The molecule has 12 nitrogen and oxygen atoms in total. The number of benzene rings is 3. The van der Waals surface area contributed by atoms with E-state index in [1.165, 1.54) is 13.3 Å². The van der Waals surface area contributed by atoms with Gasteiger partial charge in [0.05, 0.1) is 38.7 Å². The molecule has 0 unspecified atom stereocenters. The van der Waals surface area contributed by atoms with E-state index in [4.69, 9.17) is 23.7 Å². The van der Waals surface area contributed by atoms with Crippen molar-refractivity contribution in [3.8, 4) is 23.0 Å². The molecule has 0 aliphatic carbocycles. The topological polar surface area (TPSA) is 149 Å². The van der Waals surface area contributed by atoms with Crippen LogP contribution in [0.4, 0.5) is 4.79 Å². The maximum absolute atomic E-state index is 12.5. The van der Waals surface area contributed by atoms with Crippen molar-refractivity contribution in [1.82, 2.24) is 16.1 Å². The number of hydrogen-bond acceptors (Lipinski definition) is 10. The van der Waals surface area contributed by atoms with E-state index in [0.29, 0.717) is 57.5 Å². The second kappa shape index (κ2) is 16.3. The molecule has 1 aliphatic rings. The molecule has 4 rings (SSSR count). The monoisotopic (exact) mass is 760 g/mol. The lowest BCUT2D eigenvalue weighted by Gasteiger charge is -2.28. The minimum atomic E-state index is -1.17. The Morgan fingerprint density at radius 1 is 1.02 bits per heavy atom. The van der Waals surface area contributed by atoms with Gasteiger partial charge < -0.3 is 39.4 Å². The van der Waals surface area contributed by atoms with E-state index in [9.17, 15) is 14.7 Å². The molecule has 4 N–H and O–H groups in total. The number of methoxy groups -OCH3 is 2. The number of amides is 2. The lowest BCUT2D eigenvalue weighted by Crippen LogP contribution is -2.45. The first-order valence-corrected chi connectivity index (χ1v) is 15.7. The van der Waals surface area contributed by atoms with E-state index in [2.05, 4.69) is 53.0 Å². The summed E-state index contributed by atoms with van der Waals surface area (Å²) >= 11 is 6.96. The Morgan fingerprint density at radius 2 is 1.76 bits per heavy atom. The molecular formula is C32H34Br2N4O8. The summed E-state index contributed by atoms with van der Waals surface area (Å²) in [5.41, 5.74) is 5.56. The van der Waals surface area contributed by atoms with Gasteiger partial charge in [-0.3, -0.25) is 5.43 Å². The summed E-state index contributed by atoms with van der Waals surface area (Å²) in [7, 11) is 2.83. The Labute approximate surface area is 283 Å². The molecule has 3 aromatic rings. The second-order valence-electron chi connectivity index (χ2n) is 9.85. The van der Waals surface area contributed by atoms with Gasteiger partial charge in [0.25, 0.3) is 0 Å². The number of nitrogens with zero attached hydrogens (tertiary/aromatic N) is 1. The molecule has 0 radical (unpaired) electrons. The molecule has 0 fully saturated rings. The van der Waals surface area contributed by atoms with E-state index >= 15 is 0 Å². The van der Waals surface area contributed by atoms with Crippen LogP contribution in [0.5, 0.6) is 23.0 Å². The highest BCUT2D eigenvalue weighted by atomic mass is 79.9. The predicted octanol–water partition coefficient (Wildman–Crippen LogP) is 5.32. The van der Waals surface area contributed by atoms with E-state index in [1.807, 2.05) is 31.2 Å². The Bertz CT molecular complexity index is 1610. The highest BCUT2D eigenvalue weighted by Crippen LogP contribution is 2.35. The van der Waals surface area contributed by atoms with E-state index in [1.54, 1.807) is 44.4 Å². The molecule has 0 spiro atoms. The van der Waals surface area contributed by atoms with Crippen molar-refractivity contribution < 1.29 is 38.4 Å². The molecule has 2 amide bonds. The van der Waals surface area contributed by atoms with Gasteiger partial charge in [-0.05, 0) is 77.3 Å². The van der Waals surface area contributed by atoms with Gasteiger partial charge in [-0.2, -0.15) is 5.10 Å². The van der Waals surface area contributed by atoms with Crippen molar-refractivity contribution in [2.45, 2.75) is 32.7 Å². The third kappa shape index (κ3) is 8.92. The molecule has 0 saturated heterocycles. The maximum atomic E-state index is 12.5. The summed E-state index contributed by atoms with van der Waals surface area (Å²) < 4.78 is 29.7. The van der Waals surface area contributed by atoms with Crippen LogP contribution in [0, 0.1) is 0 Å². The Hall–Kier alpha value is -4.27. The largest absolute Gasteiger partial charge is 0.493 e. The summed E-state index contributed by atoms with van der Waals surface area (Å²) in [4.78, 5) is 24.6. The number of urea groups is 1.